The molecule has 2 aliphatic rings. The van der Waals surface area contributed by atoms with Crippen molar-refractivity contribution in [1.82, 2.24) is 15.0 Å². The lowest BCUT2D eigenvalue weighted by atomic mass is 10.0. The van der Waals surface area contributed by atoms with Crippen LogP contribution in [-0.4, -0.2) is 53.7 Å². The summed E-state index contributed by atoms with van der Waals surface area (Å²) in [7, 11) is 0. The van der Waals surface area contributed by atoms with Gasteiger partial charge < -0.3 is 19.9 Å². The van der Waals surface area contributed by atoms with Crippen LogP contribution in [0.2, 0.25) is 0 Å². The average molecular weight is 479 g/mol. The van der Waals surface area contributed by atoms with Crippen molar-refractivity contribution in [3.8, 4) is 11.3 Å². The van der Waals surface area contributed by atoms with E-state index >= 15 is 0 Å². The molecule has 0 atom stereocenters. The molecule has 2 aliphatic heterocycles. The molecule has 4 heterocycles. The van der Waals surface area contributed by atoms with Gasteiger partial charge in [0.05, 0.1) is 18.9 Å². The van der Waals surface area contributed by atoms with Gasteiger partial charge in [0.15, 0.2) is 0 Å². The molecule has 2 aromatic carbocycles. The lowest BCUT2D eigenvalue weighted by molar-refractivity contribution is 0.102. The second kappa shape index (κ2) is 9.75. The fourth-order valence-electron chi connectivity index (χ4n) is 4.69. The van der Waals surface area contributed by atoms with Crippen LogP contribution in [0.3, 0.4) is 0 Å². The highest BCUT2D eigenvalue weighted by atomic mass is 16.5. The number of hydrogen-bond acceptors (Lipinski definition) is 7. The van der Waals surface area contributed by atoms with Gasteiger partial charge in [-0.3, -0.25) is 9.78 Å². The van der Waals surface area contributed by atoms with Gasteiger partial charge in [-0.05, 0) is 42.8 Å². The third-order valence-electron chi connectivity index (χ3n) is 6.51. The highest BCUT2D eigenvalue weighted by Crippen LogP contribution is 2.39. The van der Waals surface area contributed by atoms with Gasteiger partial charge >= 0.3 is 0 Å². The SMILES string of the molecule is O=C(Nc1ccccc1)c1cccc(-c2nc(N3CCOCC3)nc3c2CCN3c2ccncc2)c1. The predicted octanol–water partition coefficient (Wildman–Crippen LogP) is 4.32. The zero-order chi connectivity index (χ0) is 24.3. The number of benzene rings is 2. The molecular formula is C28H26N6O2. The normalized spacial score (nSPS) is 15.0. The summed E-state index contributed by atoms with van der Waals surface area (Å²) in [4.78, 5) is 31.6. The van der Waals surface area contributed by atoms with Gasteiger partial charge in [-0.1, -0.05) is 30.3 Å². The highest BCUT2D eigenvalue weighted by molar-refractivity contribution is 6.05. The predicted molar refractivity (Wildman–Crippen MR) is 140 cm³/mol. The number of nitrogens with one attached hydrogen (secondary N) is 1. The van der Waals surface area contributed by atoms with Crippen LogP contribution in [0.15, 0.2) is 79.1 Å². The van der Waals surface area contributed by atoms with Gasteiger partial charge in [0.25, 0.3) is 5.91 Å². The van der Waals surface area contributed by atoms with Crippen LogP contribution < -0.4 is 15.1 Å². The Morgan fingerprint density at radius 2 is 1.69 bits per heavy atom. The molecule has 0 radical (unpaired) electrons. The summed E-state index contributed by atoms with van der Waals surface area (Å²) in [5, 5.41) is 2.97. The van der Waals surface area contributed by atoms with Crippen LogP contribution in [0.25, 0.3) is 11.3 Å². The van der Waals surface area contributed by atoms with E-state index in [1.807, 2.05) is 66.7 Å². The first-order valence-corrected chi connectivity index (χ1v) is 12.1. The minimum atomic E-state index is -0.152. The summed E-state index contributed by atoms with van der Waals surface area (Å²) < 4.78 is 5.55. The molecule has 8 nitrogen and oxygen atoms in total. The molecule has 1 fully saturated rings. The zero-order valence-electron chi connectivity index (χ0n) is 19.8. The summed E-state index contributed by atoms with van der Waals surface area (Å²) in [6, 6.07) is 21.1. The van der Waals surface area contributed by atoms with E-state index in [4.69, 9.17) is 14.7 Å². The fraction of sp³-hybridized carbons (Fsp3) is 0.214. The van der Waals surface area contributed by atoms with Crippen molar-refractivity contribution in [2.45, 2.75) is 6.42 Å². The lowest BCUT2D eigenvalue weighted by Crippen LogP contribution is -2.37. The molecule has 0 aliphatic carbocycles. The van der Waals surface area contributed by atoms with Gasteiger partial charge in [0, 0.05) is 60.1 Å². The first-order valence-electron chi connectivity index (χ1n) is 12.1. The van der Waals surface area contributed by atoms with Crippen LogP contribution in [0.5, 0.6) is 0 Å². The molecule has 0 bridgehead atoms. The minimum Gasteiger partial charge on any atom is -0.378 e. The molecule has 0 unspecified atom stereocenters. The second-order valence-corrected chi connectivity index (χ2v) is 8.78. The number of carbonyl (C=O) groups excluding carboxylic acids is 1. The number of ether oxygens (including phenoxy) is 1. The standard InChI is InChI=1S/C28H26N6O2/c35-27(30-22-7-2-1-3-8-22)21-6-4-5-20(19-21)25-24-11-14-34(23-9-12-29-13-10-23)26(24)32-28(31-25)33-15-17-36-18-16-33/h1-10,12-13,19H,11,14-18H2,(H,30,35). The Labute approximate surface area is 209 Å². The van der Waals surface area contributed by atoms with E-state index in [0.29, 0.717) is 24.7 Å². The van der Waals surface area contributed by atoms with Gasteiger partial charge in [0.1, 0.15) is 5.82 Å². The maximum atomic E-state index is 13.0. The van der Waals surface area contributed by atoms with E-state index < -0.39 is 0 Å². The first-order chi connectivity index (χ1) is 17.8. The molecule has 8 heteroatoms. The fourth-order valence-corrected chi connectivity index (χ4v) is 4.69. The summed E-state index contributed by atoms with van der Waals surface area (Å²) in [5.41, 5.74) is 5.26. The third-order valence-corrected chi connectivity index (χ3v) is 6.51. The number of anilines is 4. The van der Waals surface area contributed by atoms with E-state index in [0.717, 1.165) is 60.1 Å². The van der Waals surface area contributed by atoms with Crippen molar-refractivity contribution >= 4 is 29.0 Å². The summed E-state index contributed by atoms with van der Waals surface area (Å²) >= 11 is 0. The van der Waals surface area contributed by atoms with Gasteiger partial charge in [-0.15, -0.1) is 0 Å². The molecule has 180 valence electrons. The van der Waals surface area contributed by atoms with Crippen molar-refractivity contribution in [3.63, 3.8) is 0 Å². The van der Waals surface area contributed by atoms with Gasteiger partial charge in [-0.25, -0.2) is 4.98 Å². The van der Waals surface area contributed by atoms with Crippen LogP contribution in [0.1, 0.15) is 15.9 Å². The Balaban J connectivity index is 1.41. The number of carbonyl (C=O) groups is 1. The summed E-state index contributed by atoms with van der Waals surface area (Å²) in [5.74, 6) is 1.44. The molecule has 0 spiro atoms. The second-order valence-electron chi connectivity index (χ2n) is 8.78. The molecule has 6 rings (SSSR count). The lowest BCUT2D eigenvalue weighted by Gasteiger charge is -2.28. The third kappa shape index (κ3) is 4.38. The molecule has 4 aromatic rings. The topological polar surface area (TPSA) is 83.5 Å². The Morgan fingerprint density at radius 1 is 0.889 bits per heavy atom. The number of para-hydroxylation sites is 1. The largest absolute Gasteiger partial charge is 0.378 e. The van der Waals surface area contributed by atoms with E-state index in [9.17, 15) is 4.79 Å². The molecule has 1 saturated heterocycles. The molecule has 1 amide bonds. The van der Waals surface area contributed by atoms with Gasteiger partial charge in [0.2, 0.25) is 5.95 Å². The average Bonchev–Trinajstić information content (AvgIpc) is 3.38. The molecule has 2 aromatic heterocycles. The number of fused-ring (bicyclic) bond motifs is 1. The number of aromatic nitrogens is 3. The van der Waals surface area contributed by atoms with E-state index in [1.54, 1.807) is 12.4 Å². The first kappa shape index (κ1) is 22.2. The van der Waals surface area contributed by atoms with E-state index in [1.165, 1.54) is 0 Å². The van der Waals surface area contributed by atoms with Crippen molar-refractivity contribution < 1.29 is 9.53 Å². The molecule has 0 saturated carbocycles. The van der Waals surface area contributed by atoms with Crippen molar-refractivity contribution in [1.29, 1.82) is 0 Å². The van der Waals surface area contributed by atoms with Crippen molar-refractivity contribution in [2.75, 3.05) is 48.0 Å². The maximum Gasteiger partial charge on any atom is 0.255 e. The van der Waals surface area contributed by atoms with Gasteiger partial charge in [-0.2, -0.15) is 4.98 Å². The summed E-state index contributed by atoms with van der Waals surface area (Å²) in [6.45, 7) is 3.60. The monoisotopic (exact) mass is 478 g/mol. The highest BCUT2D eigenvalue weighted by Gasteiger charge is 2.29. The zero-order valence-corrected chi connectivity index (χ0v) is 19.8. The van der Waals surface area contributed by atoms with Crippen molar-refractivity contribution in [3.05, 3.63) is 90.3 Å². The quantitative estimate of drug-likeness (QED) is 0.457. The molecule has 36 heavy (non-hydrogen) atoms. The van der Waals surface area contributed by atoms with Crippen LogP contribution in [-0.2, 0) is 11.2 Å². The Bertz CT molecular complexity index is 1370. The smallest absolute Gasteiger partial charge is 0.255 e. The minimum absolute atomic E-state index is 0.152. The number of amides is 1. The molecular weight excluding hydrogens is 452 g/mol. The number of rotatable bonds is 5. The maximum absolute atomic E-state index is 13.0. The molecule has 1 N–H and O–H groups in total. The number of morpholine rings is 1. The van der Waals surface area contributed by atoms with Crippen LogP contribution in [0.4, 0.5) is 23.1 Å². The number of nitrogens with zero attached hydrogens (tertiary/aromatic N) is 5. The summed E-state index contributed by atoms with van der Waals surface area (Å²) in [6.07, 6.45) is 4.41. The van der Waals surface area contributed by atoms with Crippen LogP contribution in [0, 0.1) is 0 Å². The van der Waals surface area contributed by atoms with Crippen LogP contribution >= 0.6 is 0 Å². The van der Waals surface area contributed by atoms with E-state index in [-0.39, 0.29) is 5.91 Å². The number of hydrogen-bond donors (Lipinski definition) is 1. The van der Waals surface area contributed by atoms with Crippen molar-refractivity contribution in [2.24, 2.45) is 0 Å². The Morgan fingerprint density at radius 3 is 2.50 bits per heavy atom. The van der Waals surface area contributed by atoms with E-state index in [2.05, 4.69) is 20.1 Å². The Hall–Kier alpha value is -4.30. The Kier molecular flexibility index (Phi) is 6.01. The number of pyridine rings is 1.